The molecule has 0 radical (unpaired) electrons. The predicted molar refractivity (Wildman–Crippen MR) is 58.4 cm³/mol. The topological polar surface area (TPSA) is 75.4 Å². The van der Waals surface area contributed by atoms with Gasteiger partial charge in [0.2, 0.25) is 0 Å². The number of amides is 1. The minimum Gasteiger partial charge on any atom is -0.396 e. The molecule has 15 heavy (non-hydrogen) atoms. The van der Waals surface area contributed by atoms with Crippen LogP contribution in [-0.2, 0) is 6.54 Å². The van der Waals surface area contributed by atoms with E-state index in [1.165, 1.54) is 0 Å². The molecule has 82 valence electrons. The van der Waals surface area contributed by atoms with Crippen molar-refractivity contribution in [1.29, 1.82) is 0 Å². The quantitative estimate of drug-likeness (QED) is 0.607. The fourth-order valence-corrected chi connectivity index (χ4v) is 1.30. The summed E-state index contributed by atoms with van der Waals surface area (Å²) < 4.78 is 0. The molecule has 4 N–H and O–H groups in total. The van der Waals surface area contributed by atoms with Gasteiger partial charge in [-0.1, -0.05) is 18.2 Å². The molecule has 0 aliphatic heterocycles. The molecule has 0 saturated carbocycles. The Morgan fingerprint density at radius 1 is 1.40 bits per heavy atom. The van der Waals surface area contributed by atoms with Crippen LogP contribution < -0.4 is 11.1 Å². The van der Waals surface area contributed by atoms with Crippen molar-refractivity contribution in [1.82, 2.24) is 5.32 Å². The van der Waals surface area contributed by atoms with E-state index in [2.05, 4.69) is 5.32 Å². The summed E-state index contributed by atoms with van der Waals surface area (Å²) in [5.41, 5.74) is 6.96. The van der Waals surface area contributed by atoms with E-state index in [0.29, 0.717) is 25.1 Å². The third-order valence-electron chi connectivity index (χ3n) is 2.10. The van der Waals surface area contributed by atoms with Crippen LogP contribution in [0.1, 0.15) is 22.3 Å². The van der Waals surface area contributed by atoms with E-state index in [0.717, 1.165) is 5.56 Å². The average molecular weight is 208 g/mol. The zero-order chi connectivity index (χ0) is 11.1. The van der Waals surface area contributed by atoms with Gasteiger partial charge in [-0.25, -0.2) is 0 Å². The van der Waals surface area contributed by atoms with Crippen molar-refractivity contribution in [3.8, 4) is 0 Å². The van der Waals surface area contributed by atoms with Crippen LogP contribution in [-0.4, -0.2) is 24.2 Å². The molecule has 0 spiro atoms. The second-order valence-electron chi connectivity index (χ2n) is 3.19. The van der Waals surface area contributed by atoms with Crippen LogP contribution in [0.3, 0.4) is 0 Å². The van der Waals surface area contributed by atoms with E-state index in [9.17, 15) is 4.79 Å². The second kappa shape index (κ2) is 6.16. The molecule has 0 bridgehead atoms. The molecule has 1 aromatic carbocycles. The van der Waals surface area contributed by atoms with Crippen molar-refractivity contribution in [2.45, 2.75) is 13.0 Å². The summed E-state index contributed by atoms with van der Waals surface area (Å²) in [5, 5.41) is 11.3. The Balaban J connectivity index is 2.64. The van der Waals surface area contributed by atoms with Crippen molar-refractivity contribution in [3.05, 3.63) is 35.4 Å². The van der Waals surface area contributed by atoms with Gasteiger partial charge in [-0.3, -0.25) is 4.79 Å². The summed E-state index contributed by atoms with van der Waals surface area (Å²) in [4.78, 5) is 11.7. The zero-order valence-corrected chi connectivity index (χ0v) is 8.57. The van der Waals surface area contributed by atoms with E-state index in [1.807, 2.05) is 12.1 Å². The number of hydrogen-bond acceptors (Lipinski definition) is 3. The van der Waals surface area contributed by atoms with Gasteiger partial charge in [0, 0.05) is 25.3 Å². The third kappa shape index (κ3) is 3.34. The molecule has 0 fully saturated rings. The van der Waals surface area contributed by atoms with Crippen molar-refractivity contribution >= 4 is 5.91 Å². The van der Waals surface area contributed by atoms with E-state index in [4.69, 9.17) is 10.8 Å². The predicted octanol–water partition coefficient (Wildman–Crippen LogP) is 0.257. The van der Waals surface area contributed by atoms with E-state index in [-0.39, 0.29) is 12.5 Å². The fraction of sp³-hybridized carbons (Fsp3) is 0.364. The van der Waals surface area contributed by atoms with Crippen molar-refractivity contribution < 1.29 is 9.90 Å². The second-order valence-corrected chi connectivity index (χ2v) is 3.19. The van der Waals surface area contributed by atoms with Gasteiger partial charge in [0.05, 0.1) is 0 Å². The highest BCUT2D eigenvalue weighted by Crippen LogP contribution is 2.07. The number of carbonyl (C=O) groups excluding carboxylic acids is 1. The number of nitrogens with one attached hydrogen (secondary N) is 1. The molecule has 1 amide bonds. The van der Waals surface area contributed by atoms with E-state index >= 15 is 0 Å². The molecule has 1 aromatic rings. The average Bonchev–Trinajstić information content (AvgIpc) is 2.29. The lowest BCUT2D eigenvalue weighted by Crippen LogP contribution is -2.26. The monoisotopic (exact) mass is 208 g/mol. The molecule has 0 aliphatic carbocycles. The largest absolute Gasteiger partial charge is 0.396 e. The summed E-state index contributed by atoms with van der Waals surface area (Å²) >= 11 is 0. The van der Waals surface area contributed by atoms with Crippen molar-refractivity contribution in [3.63, 3.8) is 0 Å². The van der Waals surface area contributed by atoms with E-state index < -0.39 is 0 Å². The Hall–Kier alpha value is -1.39. The lowest BCUT2D eigenvalue weighted by molar-refractivity contribution is 0.0950. The minimum atomic E-state index is -0.135. The standard InChI is InChI=1S/C11H16N2O2/c12-8-9-4-1-2-5-10(9)11(15)13-6-3-7-14/h1-2,4-5,14H,3,6-8,12H2,(H,13,15). The summed E-state index contributed by atoms with van der Waals surface area (Å²) in [7, 11) is 0. The molecular formula is C11H16N2O2. The number of benzene rings is 1. The van der Waals surface area contributed by atoms with Gasteiger partial charge in [0.15, 0.2) is 0 Å². The number of rotatable bonds is 5. The highest BCUT2D eigenvalue weighted by molar-refractivity contribution is 5.95. The van der Waals surface area contributed by atoms with Crippen molar-refractivity contribution in [2.75, 3.05) is 13.2 Å². The van der Waals surface area contributed by atoms with Gasteiger partial charge in [-0.05, 0) is 18.1 Å². The normalized spacial score (nSPS) is 10.0. The summed E-state index contributed by atoms with van der Waals surface area (Å²) in [6, 6.07) is 7.24. The van der Waals surface area contributed by atoms with Crippen molar-refractivity contribution in [2.24, 2.45) is 5.73 Å². The molecule has 0 heterocycles. The maximum absolute atomic E-state index is 11.7. The lowest BCUT2D eigenvalue weighted by atomic mass is 10.1. The van der Waals surface area contributed by atoms with Crippen LogP contribution in [0.5, 0.6) is 0 Å². The Labute approximate surface area is 89.1 Å². The third-order valence-corrected chi connectivity index (χ3v) is 2.10. The van der Waals surface area contributed by atoms with Crippen LogP contribution in [0, 0.1) is 0 Å². The summed E-state index contributed by atoms with van der Waals surface area (Å²) in [5.74, 6) is -0.135. The number of aliphatic hydroxyl groups is 1. The summed E-state index contributed by atoms with van der Waals surface area (Å²) in [6.07, 6.45) is 0.566. The van der Waals surface area contributed by atoms with Crippen LogP contribution in [0.4, 0.5) is 0 Å². The SMILES string of the molecule is NCc1ccccc1C(=O)NCCCO. The zero-order valence-electron chi connectivity index (χ0n) is 8.57. The minimum absolute atomic E-state index is 0.0822. The number of hydrogen-bond donors (Lipinski definition) is 3. The highest BCUT2D eigenvalue weighted by Gasteiger charge is 2.08. The van der Waals surface area contributed by atoms with Crippen LogP contribution in [0.25, 0.3) is 0 Å². The molecule has 0 saturated heterocycles. The fourth-order valence-electron chi connectivity index (χ4n) is 1.30. The molecule has 0 aromatic heterocycles. The molecule has 0 atom stereocenters. The number of nitrogens with two attached hydrogens (primary N) is 1. The first-order valence-electron chi connectivity index (χ1n) is 4.96. The smallest absolute Gasteiger partial charge is 0.251 e. The Morgan fingerprint density at radius 2 is 2.13 bits per heavy atom. The Bertz CT molecular complexity index is 326. The van der Waals surface area contributed by atoms with Crippen LogP contribution in [0.15, 0.2) is 24.3 Å². The molecular weight excluding hydrogens is 192 g/mol. The van der Waals surface area contributed by atoms with Gasteiger partial charge in [0.25, 0.3) is 5.91 Å². The molecule has 0 unspecified atom stereocenters. The molecule has 4 heteroatoms. The van der Waals surface area contributed by atoms with Gasteiger partial charge < -0.3 is 16.2 Å². The lowest BCUT2D eigenvalue weighted by Gasteiger charge is -2.07. The van der Waals surface area contributed by atoms with Gasteiger partial charge in [0.1, 0.15) is 0 Å². The maximum atomic E-state index is 11.7. The maximum Gasteiger partial charge on any atom is 0.251 e. The highest BCUT2D eigenvalue weighted by atomic mass is 16.3. The van der Waals surface area contributed by atoms with Crippen LogP contribution in [0.2, 0.25) is 0 Å². The summed E-state index contributed by atoms with van der Waals surface area (Å²) in [6.45, 7) is 0.913. The van der Waals surface area contributed by atoms with Gasteiger partial charge >= 0.3 is 0 Å². The van der Waals surface area contributed by atoms with Gasteiger partial charge in [-0.2, -0.15) is 0 Å². The van der Waals surface area contributed by atoms with Crippen LogP contribution >= 0.6 is 0 Å². The molecule has 4 nitrogen and oxygen atoms in total. The Morgan fingerprint density at radius 3 is 2.80 bits per heavy atom. The van der Waals surface area contributed by atoms with Gasteiger partial charge in [-0.15, -0.1) is 0 Å². The first-order chi connectivity index (χ1) is 7.29. The molecule has 0 aliphatic rings. The first kappa shape index (κ1) is 11.7. The van der Waals surface area contributed by atoms with E-state index in [1.54, 1.807) is 12.1 Å². The number of aliphatic hydroxyl groups excluding tert-OH is 1. The first-order valence-corrected chi connectivity index (χ1v) is 4.96. The molecule has 1 rings (SSSR count). The Kier molecular flexibility index (Phi) is 4.80. The number of carbonyl (C=O) groups is 1.